The lowest BCUT2D eigenvalue weighted by molar-refractivity contribution is 0.102. The number of pyridine rings is 1. The summed E-state index contributed by atoms with van der Waals surface area (Å²) in [6, 6.07) is 14.9. The summed E-state index contributed by atoms with van der Waals surface area (Å²) in [5, 5.41) is 12.9. The first-order valence-electron chi connectivity index (χ1n) is 8.24. The van der Waals surface area contributed by atoms with Crippen LogP contribution in [0.25, 0.3) is 0 Å². The van der Waals surface area contributed by atoms with E-state index in [9.17, 15) is 4.79 Å². The van der Waals surface area contributed by atoms with Gasteiger partial charge in [0.05, 0.1) is 6.61 Å². The second-order valence-electron chi connectivity index (χ2n) is 5.53. The highest BCUT2D eigenvalue weighted by molar-refractivity contribution is 7.99. The van der Waals surface area contributed by atoms with Crippen molar-refractivity contribution in [3.05, 3.63) is 66.0 Å². The van der Waals surface area contributed by atoms with Crippen molar-refractivity contribution >= 4 is 35.2 Å². The number of aromatic nitrogens is 3. The number of anilines is 1. The normalized spacial score (nSPS) is 10.6. The van der Waals surface area contributed by atoms with Crippen LogP contribution >= 0.6 is 23.5 Å². The zero-order chi connectivity index (χ0) is 19.1. The Morgan fingerprint density at radius 2 is 1.96 bits per heavy atom. The van der Waals surface area contributed by atoms with E-state index < -0.39 is 0 Å². The lowest BCUT2D eigenvalue weighted by Gasteiger charge is -2.08. The number of carbonyl (C=O) groups is 1. The molecule has 2 aromatic heterocycles. The number of hydrogen-bond acceptors (Lipinski definition) is 7. The van der Waals surface area contributed by atoms with Gasteiger partial charge in [0.1, 0.15) is 16.5 Å². The minimum atomic E-state index is -0.354. The highest BCUT2D eigenvalue weighted by Gasteiger charge is 2.14. The summed E-state index contributed by atoms with van der Waals surface area (Å²) in [6.45, 7) is 2.06. The molecule has 0 radical (unpaired) electrons. The van der Waals surface area contributed by atoms with Crippen LogP contribution in [0.5, 0.6) is 0 Å². The van der Waals surface area contributed by atoms with Crippen LogP contribution in [0.1, 0.15) is 16.1 Å². The van der Waals surface area contributed by atoms with E-state index in [1.807, 2.05) is 31.2 Å². The van der Waals surface area contributed by atoms with E-state index in [0.29, 0.717) is 21.8 Å². The van der Waals surface area contributed by atoms with E-state index in [1.54, 1.807) is 30.5 Å². The van der Waals surface area contributed by atoms with Crippen LogP contribution in [-0.2, 0) is 0 Å². The second kappa shape index (κ2) is 9.50. The molecule has 0 saturated carbocycles. The molecule has 27 heavy (non-hydrogen) atoms. The molecule has 0 unspecified atom stereocenters. The van der Waals surface area contributed by atoms with E-state index in [4.69, 9.17) is 5.11 Å². The summed E-state index contributed by atoms with van der Waals surface area (Å²) < 4.78 is 0. The summed E-state index contributed by atoms with van der Waals surface area (Å²) in [4.78, 5) is 26.5. The van der Waals surface area contributed by atoms with Gasteiger partial charge in [-0.3, -0.25) is 4.79 Å². The third-order valence-electron chi connectivity index (χ3n) is 3.39. The number of amides is 1. The molecule has 0 aliphatic heterocycles. The molecule has 2 heterocycles. The van der Waals surface area contributed by atoms with Gasteiger partial charge in [0.25, 0.3) is 5.91 Å². The number of aliphatic hydroxyl groups excluding tert-OH is 1. The molecule has 0 aliphatic carbocycles. The molecule has 0 fully saturated rings. The van der Waals surface area contributed by atoms with E-state index in [-0.39, 0.29) is 18.2 Å². The lowest BCUT2D eigenvalue weighted by atomic mass is 10.2. The molecule has 6 nitrogen and oxygen atoms in total. The number of thioether (sulfide) groups is 1. The average molecular weight is 399 g/mol. The molecule has 1 amide bonds. The molecule has 8 heteroatoms. The van der Waals surface area contributed by atoms with Crippen LogP contribution in [0.3, 0.4) is 0 Å². The number of carbonyl (C=O) groups excluding carboxylic acids is 1. The van der Waals surface area contributed by atoms with Gasteiger partial charge in [0.2, 0.25) is 0 Å². The molecule has 0 saturated heterocycles. The summed E-state index contributed by atoms with van der Waals surface area (Å²) >= 11 is 2.76. The van der Waals surface area contributed by atoms with Crippen LogP contribution in [-0.4, -0.2) is 38.3 Å². The van der Waals surface area contributed by atoms with Crippen LogP contribution in [0, 0.1) is 6.92 Å². The van der Waals surface area contributed by atoms with Crippen molar-refractivity contribution in [1.82, 2.24) is 15.0 Å². The maximum Gasteiger partial charge on any atom is 0.275 e. The number of rotatable bonds is 7. The topological polar surface area (TPSA) is 88.0 Å². The maximum absolute atomic E-state index is 12.6. The summed E-state index contributed by atoms with van der Waals surface area (Å²) in [5.41, 5.74) is 1.42. The molecule has 3 aromatic rings. The Morgan fingerprint density at radius 3 is 2.67 bits per heavy atom. The molecule has 0 aliphatic rings. The van der Waals surface area contributed by atoms with E-state index >= 15 is 0 Å². The first-order chi connectivity index (χ1) is 13.1. The van der Waals surface area contributed by atoms with Crippen molar-refractivity contribution in [1.29, 1.82) is 0 Å². The van der Waals surface area contributed by atoms with Gasteiger partial charge in [-0.2, -0.15) is 0 Å². The first-order valence-corrected chi connectivity index (χ1v) is 10.0. The fraction of sp³-hybridized carbons (Fsp3) is 0.158. The third kappa shape index (κ3) is 5.78. The fourth-order valence-electron chi connectivity index (χ4n) is 2.12. The van der Waals surface area contributed by atoms with Crippen molar-refractivity contribution in [2.24, 2.45) is 0 Å². The maximum atomic E-state index is 12.6. The quantitative estimate of drug-likeness (QED) is 0.357. The van der Waals surface area contributed by atoms with Crippen molar-refractivity contribution in [2.75, 3.05) is 17.7 Å². The molecular weight excluding hydrogens is 380 g/mol. The number of aliphatic hydroxyl groups is 1. The van der Waals surface area contributed by atoms with Gasteiger partial charge in [-0.05, 0) is 43.0 Å². The van der Waals surface area contributed by atoms with Gasteiger partial charge in [0.15, 0.2) is 5.16 Å². The number of nitrogens with zero attached hydrogens (tertiary/aromatic N) is 3. The zero-order valence-corrected chi connectivity index (χ0v) is 16.3. The number of benzene rings is 1. The van der Waals surface area contributed by atoms with Crippen molar-refractivity contribution in [3.63, 3.8) is 0 Å². The molecule has 0 atom stereocenters. The van der Waals surface area contributed by atoms with Crippen molar-refractivity contribution in [3.8, 4) is 0 Å². The van der Waals surface area contributed by atoms with Crippen LogP contribution in [0.4, 0.5) is 5.82 Å². The monoisotopic (exact) mass is 398 g/mol. The Bertz CT molecular complexity index is 905. The molecule has 0 spiro atoms. The minimum Gasteiger partial charge on any atom is -0.396 e. The van der Waals surface area contributed by atoms with Crippen molar-refractivity contribution in [2.45, 2.75) is 22.0 Å². The predicted molar refractivity (Wildman–Crippen MR) is 107 cm³/mol. The molecule has 2 N–H and O–H groups in total. The molecule has 3 rings (SSSR count). The van der Waals surface area contributed by atoms with Gasteiger partial charge in [0, 0.05) is 22.9 Å². The Hall–Kier alpha value is -2.42. The van der Waals surface area contributed by atoms with Gasteiger partial charge in [-0.25, -0.2) is 15.0 Å². The number of nitrogens with one attached hydrogen (secondary N) is 1. The summed E-state index contributed by atoms with van der Waals surface area (Å²) in [6.07, 6.45) is 1.61. The Labute approximate surface area is 165 Å². The van der Waals surface area contributed by atoms with Crippen LogP contribution in [0.15, 0.2) is 69.8 Å². The summed E-state index contributed by atoms with van der Waals surface area (Å²) in [7, 11) is 0. The first kappa shape index (κ1) is 19.3. The van der Waals surface area contributed by atoms with E-state index in [1.165, 1.54) is 29.1 Å². The third-order valence-corrected chi connectivity index (χ3v) is 5.16. The lowest BCUT2D eigenvalue weighted by Crippen LogP contribution is -2.15. The van der Waals surface area contributed by atoms with E-state index in [2.05, 4.69) is 20.3 Å². The fourth-order valence-corrected chi connectivity index (χ4v) is 3.59. The molecular formula is C19H18N4O2S2. The largest absolute Gasteiger partial charge is 0.396 e. The molecule has 0 bridgehead atoms. The van der Waals surface area contributed by atoms with Gasteiger partial charge in [-0.15, -0.1) is 11.8 Å². The Balaban J connectivity index is 1.85. The minimum absolute atomic E-state index is 0.0323. The molecule has 1 aromatic carbocycles. The zero-order valence-electron chi connectivity index (χ0n) is 14.6. The average Bonchev–Trinajstić information content (AvgIpc) is 2.69. The highest BCUT2D eigenvalue weighted by Crippen LogP contribution is 2.27. The van der Waals surface area contributed by atoms with Gasteiger partial charge < -0.3 is 10.4 Å². The Morgan fingerprint density at radius 1 is 1.15 bits per heavy atom. The summed E-state index contributed by atoms with van der Waals surface area (Å²) in [5.74, 6) is 0.596. The standard InChI is InChI=1S/C19H18N4O2S2/c1-13-5-7-14(8-6-13)27-19-21-15(12-17(23-19)26-11-10-24)18(25)22-16-4-2-3-9-20-16/h2-9,12,24H,10-11H2,1H3,(H,20,22,25). The highest BCUT2D eigenvalue weighted by atomic mass is 32.2. The van der Waals surface area contributed by atoms with E-state index in [0.717, 1.165) is 4.90 Å². The van der Waals surface area contributed by atoms with Crippen LogP contribution < -0.4 is 5.32 Å². The number of aryl methyl sites for hydroxylation is 1. The predicted octanol–water partition coefficient (Wildman–Crippen LogP) is 3.67. The van der Waals surface area contributed by atoms with Crippen molar-refractivity contribution < 1.29 is 9.90 Å². The second-order valence-corrected chi connectivity index (χ2v) is 7.69. The Kier molecular flexibility index (Phi) is 6.80. The smallest absolute Gasteiger partial charge is 0.275 e. The molecule has 138 valence electrons. The SMILES string of the molecule is Cc1ccc(Sc2nc(SCCO)cc(C(=O)Nc3ccccn3)n2)cc1. The van der Waals surface area contributed by atoms with Gasteiger partial charge >= 0.3 is 0 Å². The van der Waals surface area contributed by atoms with Crippen LogP contribution in [0.2, 0.25) is 0 Å². The number of hydrogen-bond donors (Lipinski definition) is 2. The van der Waals surface area contributed by atoms with Gasteiger partial charge in [-0.1, -0.05) is 23.8 Å².